The average molecular weight is 360 g/mol. The number of anilines is 1. The summed E-state index contributed by atoms with van der Waals surface area (Å²) in [4.78, 5) is 13.6. The quantitative estimate of drug-likeness (QED) is 0.781. The van der Waals surface area contributed by atoms with Crippen LogP contribution in [-0.2, 0) is 4.79 Å². The van der Waals surface area contributed by atoms with Gasteiger partial charge in [0.05, 0.1) is 26.7 Å². The Hall–Kier alpha value is -1.55. The molecule has 0 radical (unpaired) electrons. The zero-order chi connectivity index (χ0) is 18.8. The molecule has 1 heterocycles. The van der Waals surface area contributed by atoms with E-state index in [9.17, 15) is 4.79 Å². The Kier molecular flexibility index (Phi) is 5.61. The van der Waals surface area contributed by atoms with Crippen molar-refractivity contribution in [1.82, 2.24) is 0 Å². The van der Waals surface area contributed by atoms with Gasteiger partial charge in [-0.05, 0) is 76.1 Å². The molecule has 2 fully saturated rings. The molecule has 0 unspecified atom stereocenters. The molecule has 0 atom stereocenters. The van der Waals surface area contributed by atoms with Gasteiger partial charge in [-0.1, -0.05) is 0 Å². The number of nitrogens with zero attached hydrogens (tertiary/aromatic N) is 1. The second-order valence-electron chi connectivity index (χ2n) is 8.30. The van der Waals surface area contributed by atoms with E-state index >= 15 is 0 Å². The van der Waals surface area contributed by atoms with Crippen molar-refractivity contribution in [2.45, 2.75) is 71.3 Å². The highest BCUT2D eigenvalue weighted by Gasteiger charge is 2.59. The molecule has 0 spiro atoms. The first kappa shape index (κ1) is 19.2. The lowest BCUT2D eigenvalue weighted by molar-refractivity contribution is -0.970. The SMILES string of the molecule is CC[N+]1(C2(C(=O)Nc3c(C)cc(OC)cc3C)CCC2)CCCCCC1. The van der Waals surface area contributed by atoms with E-state index in [2.05, 4.69) is 26.1 Å². The Balaban J connectivity index is 1.90. The first-order valence-electron chi connectivity index (χ1n) is 10.3. The molecule has 0 aromatic heterocycles. The molecule has 3 rings (SSSR count). The van der Waals surface area contributed by atoms with Crippen molar-refractivity contribution >= 4 is 11.6 Å². The summed E-state index contributed by atoms with van der Waals surface area (Å²) in [5, 5.41) is 3.34. The lowest BCUT2D eigenvalue weighted by atomic mass is 9.72. The molecule has 4 heteroatoms. The molecule has 4 nitrogen and oxygen atoms in total. The minimum Gasteiger partial charge on any atom is -0.497 e. The molecule has 1 aromatic rings. The van der Waals surface area contributed by atoms with E-state index in [-0.39, 0.29) is 11.4 Å². The second-order valence-corrected chi connectivity index (χ2v) is 8.30. The van der Waals surface area contributed by atoms with Crippen molar-refractivity contribution in [3.8, 4) is 5.75 Å². The standard InChI is InChI=1S/C22H34N2O2/c1-5-24(13-8-6-7-9-14-24)22(11-10-12-22)21(25)23-20-17(2)15-19(26-4)16-18(20)3/h15-16H,5-14H2,1-4H3/p+1. The number of likely N-dealkylation sites (tertiary alicyclic amines) is 1. The largest absolute Gasteiger partial charge is 0.497 e. The highest BCUT2D eigenvalue weighted by molar-refractivity contribution is 5.99. The van der Waals surface area contributed by atoms with Crippen LogP contribution >= 0.6 is 0 Å². The Labute approximate surface area is 158 Å². The summed E-state index contributed by atoms with van der Waals surface area (Å²) in [5.74, 6) is 1.09. The number of hydrogen-bond acceptors (Lipinski definition) is 2. The maximum absolute atomic E-state index is 13.6. The first-order valence-corrected chi connectivity index (χ1v) is 10.3. The van der Waals surface area contributed by atoms with E-state index < -0.39 is 0 Å². The van der Waals surface area contributed by atoms with Crippen molar-refractivity contribution in [1.29, 1.82) is 0 Å². The number of aryl methyl sites for hydroxylation is 2. The molecule has 26 heavy (non-hydrogen) atoms. The van der Waals surface area contributed by atoms with Crippen molar-refractivity contribution in [2.75, 3.05) is 32.1 Å². The predicted octanol–water partition coefficient (Wildman–Crippen LogP) is 4.58. The zero-order valence-electron chi connectivity index (χ0n) is 17.0. The van der Waals surface area contributed by atoms with E-state index in [4.69, 9.17) is 4.74 Å². The van der Waals surface area contributed by atoms with Crippen LogP contribution in [-0.4, -0.2) is 42.7 Å². The molecule has 1 N–H and O–H groups in total. The Morgan fingerprint density at radius 1 is 1.08 bits per heavy atom. The minimum atomic E-state index is -0.224. The van der Waals surface area contributed by atoms with Crippen molar-refractivity contribution in [2.24, 2.45) is 0 Å². The van der Waals surface area contributed by atoms with Gasteiger partial charge >= 0.3 is 0 Å². The normalized spacial score (nSPS) is 21.4. The Morgan fingerprint density at radius 3 is 2.08 bits per heavy atom. The van der Waals surface area contributed by atoms with Gasteiger partial charge in [0.15, 0.2) is 5.54 Å². The summed E-state index contributed by atoms with van der Waals surface area (Å²) in [6.07, 6.45) is 8.37. The monoisotopic (exact) mass is 359 g/mol. The van der Waals surface area contributed by atoms with Gasteiger partial charge in [-0.15, -0.1) is 0 Å². The number of nitrogens with one attached hydrogen (secondary N) is 1. The van der Waals surface area contributed by atoms with Crippen LogP contribution in [0.5, 0.6) is 5.75 Å². The van der Waals surface area contributed by atoms with Crippen LogP contribution in [0.1, 0.15) is 63.0 Å². The molecular formula is C22H35N2O2+. The fourth-order valence-corrected chi connectivity index (χ4v) is 5.24. The molecule has 1 saturated carbocycles. The van der Waals surface area contributed by atoms with Crippen LogP contribution in [0.2, 0.25) is 0 Å². The van der Waals surface area contributed by atoms with Gasteiger partial charge in [0.25, 0.3) is 5.91 Å². The van der Waals surface area contributed by atoms with Gasteiger partial charge in [0.1, 0.15) is 5.75 Å². The van der Waals surface area contributed by atoms with Crippen molar-refractivity contribution < 1.29 is 14.0 Å². The molecular weight excluding hydrogens is 324 g/mol. The van der Waals surface area contributed by atoms with Crippen LogP contribution in [0.4, 0.5) is 5.69 Å². The summed E-state index contributed by atoms with van der Waals surface area (Å²) in [6, 6.07) is 4.01. The summed E-state index contributed by atoms with van der Waals surface area (Å²) >= 11 is 0. The zero-order valence-corrected chi connectivity index (χ0v) is 17.0. The number of methoxy groups -OCH3 is 1. The van der Waals surface area contributed by atoms with Crippen molar-refractivity contribution in [3.63, 3.8) is 0 Å². The lowest BCUT2D eigenvalue weighted by Crippen LogP contribution is -2.72. The highest BCUT2D eigenvalue weighted by atomic mass is 16.5. The highest BCUT2D eigenvalue weighted by Crippen LogP contribution is 2.45. The number of likely N-dealkylation sites (N-methyl/N-ethyl adjacent to an activating group) is 1. The predicted molar refractivity (Wildman–Crippen MR) is 107 cm³/mol. The number of carbonyl (C=O) groups excluding carboxylic acids is 1. The molecule has 144 valence electrons. The number of amides is 1. The number of benzene rings is 1. The molecule has 1 amide bonds. The molecule has 1 aromatic carbocycles. The summed E-state index contributed by atoms with van der Waals surface area (Å²) < 4.78 is 6.36. The molecule has 1 aliphatic heterocycles. The van der Waals surface area contributed by atoms with E-state index in [0.29, 0.717) is 0 Å². The lowest BCUT2D eigenvalue weighted by Gasteiger charge is -2.56. The maximum Gasteiger partial charge on any atom is 0.285 e. The summed E-state index contributed by atoms with van der Waals surface area (Å²) in [5.41, 5.74) is 2.89. The second kappa shape index (κ2) is 7.59. The van der Waals surface area contributed by atoms with Gasteiger partial charge in [0.2, 0.25) is 0 Å². The number of quaternary nitrogens is 1. The topological polar surface area (TPSA) is 38.3 Å². The molecule has 2 aliphatic rings. The molecule has 1 aliphatic carbocycles. The third-order valence-corrected chi connectivity index (χ3v) is 7.02. The van der Waals surface area contributed by atoms with Gasteiger partial charge < -0.3 is 14.5 Å². The van der Waals surface area contributed by atoms with E-state index in [1.165, 1.54) is 32.1 Å². The van der Waals surface area contributed by atoms with Crippen LogP contribution < -0.4 is 10.1 Å². The fraction of sp³-hybridized carbons (Fsp3) is 0.682. The first-order chi connectivity index (χ1) is 12.5. The van der Waals surface area contributed by atoms with Gasteiger partial charge in [-0.25, -0.2) is 0 Å². The van der Waals surface area contributed by atoms with Gasteiger partial charge in [-0.2, -0.15) is 0 Å². The summed E-state index contributed by atoms with van der Waals surface area (Å²) in [6.45, 7) is 9.76. The van der Waals surface area contributed by atoms with E-state index in [1.807, 2.05) is 12.1 Å². The fourth-order valence-electron chi connectivity index (χ4n) is 5.24. The Bertz CT molecular complexity index is 633. The molecule has 0 bridgehead atoms. The Morgan fingerprint density at radius 2 is 1.65 bits per heavy atom. The van der Waals surface area contributed by atoms with Crippen LogP contribution in [0.15, 0.2) is 12.1 Å². The maximum atomic E-state index is 13.6. The van der Waals surface area contributed by atoms with Crippen LogP contribution in [0, 0.1) is 13.8 Å². The number of ether oxygens (including phenoxy) is 1. The van der Waals surface area contributed by atoms with Crippen LogP contribution in [0.3, 0.4) is 0 Å². The smallest absolute Gasteiger partial charge is 0.285 e. The number of carbonyl (C=O) groups is 1. The average Bonchev–Trinajstić information content (AvgIpc) is 2.83. The van der Waals surface area contributed by atoms with E-state index in [1.54, 1.807) is 7.11 Å². The molecule has 1 saturated heterocycles. The third-order valence-electron chi connectivity index (χ3n) is 7.02. The van der Waals surface area contributed by atoms with Gasteiger partial charge in [-0.3, -0.25) is 4.79 Å². The minimum absolute atomic E-state index is 0.224. The van der Waals surface area contributed by atoms with Gasteiger partial charge in [0, 0.05) is 18.5 Å². The van der Waals surface area contributed by atoms with Crippen molar-refractivity contribution in [3.05, 3.63) is 23.3 Å². The summed E-state index contributed by atoms with van der Waals surface area (Å²) in [7, 11) is 1.68. The third kappa shape index (κ3) is 3.13. The van der Waals surface area contributed by atoms with Crippen LogP contribution in [0.25, 0.3) is 0 Å². The van der Waals surface area contributed by atoms with E-state index in [0.717, 1.165) is 59.5 Å². The number of hydrogen-bond donors (Lipinski definition) is 1. The number of rotatable bonds is 5.